The minimum atomic E-state index is -3.16. The van der Waals surface area contributed by atoms with E-state index in [9.17, 15) is 13.2 Å². The number of rotatable bonds is 3. The molecule has 1 fully saturated rings. The maximum atomic E-state index is 11.2. The van der Waals surface area contributed by atoms with E-state index in [1.807, 2.05) is 0 Å². The maximum absolute atomic E-state index is 11.2. The van der Waals surface area contributed by atoms with Crippen molar-refractivity contribution in [1.82, 2.24) is 0 Å². The van der Waals surface area contributed by atoms with Crippen LogP contribution in [0, 0.1) is 5.92 Å². The largest absolute Gasteiger partial charge is 0.298 e. The first-order valence-electron chi connectivity index (χ1n) is 3.65. The fraction of sp³-hybridized carbons (Fsp3) is 0.857. The molecule has 0 aliphatic heterocycles. The molecule has 0 aromatic heterocycles. The van der Waals surface area contributed by atoms with E-state index in [2.05, 4.69) is 0 Å². The molecule has 0 aromatic carbocycles. The number of carbonyl (C=O) groups is 1. The topological polar surface area (TPSA) is 51.2 Å². The van der Waals surface area contributed by atoms with Crippen molar-refractivity contribution in [3.05, 3.63) is 0 Å². The van der Waals surface area contributed by atoms with Crippen molar-refractivity contribution in [2.75, 3.05) is 6.26 Å². The van der Waals surface area contributed by atoms with Crippen LogP contribution in [0.1, 0.15) is 19.8 Å². The molecule has 0 heterocycles. The molecular weight excluding hydrogens is 164 g/mol. The van der Waals surface area contributed by atoms with E-state index >= 15 is 0 Å². The summed E-state index contributed by atoms with van der Waals surface area (Å²) in [6, 6.07) is 0. The van der Waals surface area contributed by atoms with Gasteiger partial charge >= 0.3 is 0 Å². The van der Waals surface area contributed by atoms with E-state index in [-0.39, 0.29) is 11.7 Å². The highest BCUT2D eigenvalue weighted by molar-refractivity contribution is 7.92. The molecule has 64 valence electrons. The molecule has 0 bridgehead atoms. The standard InChI is InChI=1S/C7H12O3S/c1-5(11(2,9)10)7(8)6-3-4-6/h5-6H,3-4H2,1-2H3/t5-/m0/s1. The first kappa shape index (κ1) is 8.71. The van der Waals surface area contributed by atoms with E-state index in [1.165, 1.54) is 6.92 Å². The van der Waals surface area contributed by atoms with Crippen molar-refractivity contribution in [2.45, 2.75) is 25.0 Å². The van der Waals surface area contributed by atoms with Crippen LogP contribution in [0.25, 0.3) is 0 Å². The van der Waals surface area contributed by atoms with Gasteiger partial charge in [0.1, 0.15) is 5.25 Å². The van der Waals surface area contributed by atoms with Gasteiger partial charge in [-0.15, -0.1) is 0 Å². The van der Waals surface area contributed by atoms with Crippen LogP contribution in [-0.4, -0.2) is 25.7 Å². The molecule has 4 heteroatoms. The van der Waals surface area contributed by atoms with E-state index < -0.39 is 15.1 Å². The van der Waals surface area contributed by atoms with Crippen molar-refractivity contribution in [2.24, 2.45) is 5.92 Å². The van der Waals surface area contributed by atoms with Gasteiger partial charge < -0.3 is 0 Å². The van der Waals surface area contributed by atoms with Crippen LogP contribution in [0.4, 0.5) is 0 Å². The number of ketones is 1. The van der Waals surface area contributed by atoms with Crippen LogP contribution in [0.5, 0.6) is 0 Å². The third-order valence-corrected chi connectivity index (χ3v) is 3.54. The molecule has 0 N–H and O–H groups in total. The van der Waals surface area contributed by atoms with Gasteiger partial charge in [-0.25, -0.2) is 8.42 Å². The average molecular weight is 176 g/mol. The quantitative estimate of drug-likeness (QED) is 0.625. The normalized spacial score (nSPS) is 21.3. The van der Waals surface area contributed by atoms with Gasteiger partial charge in [0.05, 0.1) is 0 Å². The third-order valence-electron chi connectivity index (χ3n) is 2.02. The average Bonchev–Trinajstić information content (AvgIpc) is 2.63. The summed E-state index contributed by atoms with van der Waals surface area (Å²) in [5.41, 5.74) is 0. The Labute approximate surface area is 66.7 Å². The van der Waals surface area contributed by atoms with Crippen LogP contribution in [0.15, 0.2) is 0 Å². The molecule has 0 radical (unpaired) electrons. The van der Waals surface area contributed by atoms with E-state index in [0.717, 1.165) is 19.1 Å². The summed E-state index contributed by atoms with van der Waals surface area (Å²) < 4.78 is 21.8. The van der Waals surface area contributed by atoms with E-state index in [0.29, 0.717) is 0 Å². The van der Waals surface area contributed by atoms with Gasteiger partial charge in [-0.2, -0.15) is 0 Å². The third kappa shape index (κ3) is 2.02. The number of carbonyl (C=O) groups excluding carboxylic acids is 1. The number of hydrogen-bond donors (Lipinski definition) is 0. The van der Waals surface area contributed by atoms with Crippen LogP contribution in [0.2, 0.25) is 0 Å². The highest BCUT2D eigenvalue weighted by Gasteiger charge is 2.36. The second-order valence-corrected chi connectivity index (χ2v) is 5.51. The molecule has 3 nitrogen and oxygen atoms in total. The maximum Gasteiger partial charge on any atom is 0.157 e. The number of sulfone groups is 1. The molecule has 1 aliphatic carbocycles. The highest BCUT2D eigenvalue weighted by atomic mass is 32.2. The lowest BCUT2D eigenvalue weighted by Gasteiger charge is -2.05. The van der Waals surface area contributed by atoms with Gasteiger partial charge in [0, 0.05) is 12.2 Å². The summed E-state index contributed by atoms with van der Waals surface area (Å²) in [4.78, 5) is 11.2. The first-order chi connectivity index (χ1) is 4.93. The molecule has 1 atom stereocenters. The van der Waals surface area contributed by atoms with Gasteiger partial charge in [-0.3, -0.25) is 4.79 Å². The van der Waals surface area contributed by atoms with E-state index in [4.69, 9.17) is 0 Å². The minimum Gasteiger partial charge on any atom is -0.298 e. The molecule has 0 spiro atoms. The SMILES string of the molecule is C[C@@H](C(=O)C1CC1)S(C)(=O)=O. The zero-order valence-corrected chi connectivity index (χ0v) is 7.52. The Morgan fingerprint density at radius 3 is 2.18 bits per heavy atom. The van der Waals surface area contributed by atoms with Crippen molar-refractivity contribution in [3.63, 3.8) is 0 Å². The molecule has 0 aromatic rings. The van der Waals surface area contributed by atoms with Gasteiger partial charge in [0.25, 0.3) is 0 Å². The smallest absolute Gasteiger partial charge is 0.157 e. The molecule has 0 saturated heterocycles. The lowest BCUT2D eigenvalue weighted by atomic mass is 10.2. The first-order valence-corrected chi connectivity index (χ1v) is 5.61. The van der Waals surface area contributed by atoms with Gasteiger partial charge in [-0.05, 0) is 19.8 Å². The lowest BCUT2D eigenvalue weighted by molar-refractivity contribution is -0.119. The Morgan fingerprint density at radius 2 is 1.91 bits per heavy atom. The Kier molecular flexibility index (Phi) is 2.05. The van der Waals surface area contributed by atoms with Crippen molar-refractivity contribution in [3.8, 4) is 0 Å². The fourth-order valence-electron chi connectivity index (χ4n) is 0.911. The molecule has 0 unspecified atom stereocenters. The molecule has 1 aliphatic rings. The Hall–Kier alpha value is -0.380. The lowest BCUT2D eigenvalue weighted by Crippen LogP contribution is -2.27. The van der Waals surface area contributed by atoms with Crippen LogP contribution in [0.3, 0.4) is 0 Å². The predicted molar refractivity (Wildman–Crippen MR) is 42.0 cm³/mol. The highest BCUT2D eigenvalue weighted by Crippen LogP contribution is 2.31. The van der Waals surface area contributed by atoms with Crippen molar-refractivity contribution < 1.29 is 13.2 Å². The second kappa shape index (κ2) is 2.59. The molecule has 0 amide bonds. The van der Waals surface area contributed by atoms with Gasteiger partial charge in [-0.1, -0.05) is 0 Å². The second-order valence-electron chi connectivity index (χ2n) is 3.15. The van der Waals surface area contributed by atoms with Crippen LogP contribution in [-0.2, 0) is 14.6 Å². The minimum absolute atomic E-state index is 0.0414. The van der Waals surface area contributed by atoms with Crippen molar-refractivity contribution >= 4 is 15.6 Å². The Balaban J connectivity index is 2.67. The van der Waals surface area contributed by atoms with E-state index in [1.54, 1.807) is 0 Å². The number of Topliss-reactive ketones (excluding diaryl/α,β-unsaturated/α-hetero) is 1. The zero-order valence-electron chi connectivity index (χ0n) is 6.70. The fourth-order valence-corrected chi connectivity index (χ4v) is 1.53. The van der Waals surface area contributed by atoms with Gasteiger partial charge in [0.15, 0.2) is 15.6 Å². The summed E-state index contributed by atoms with van der Waals surface area (Å²) in [5.74, 6) is -0.0628. The molecule has 11 heavy (non-hydrogen) atoms. The summed E-state index contributed by atoms with van der Waals surface area (Å²) in [6.45, 7) is 1.47. The van der Waals surface area contributed by atoms with Gasteiger partial charge in [0.2, 0.25) is 0 Å². The van der Waals surface area contributed by atoms with Crippen molar-refractivity contribution in [1.29, 1.82) is 0 Å². The Bertz CT molecular complexity index is 261. The molecule has 1 saturated carbocycles. The zero-order chi connectivity index (χ0) is 8.65. The Morgan fingerprint density at radius 1 is 1.45 bits per heavy atom. The molecule has 1 rings (SSSR count). The summed E-state index contributed by atoms with van der Waals surface area (Å²) in [6.07, 6.45) is 2.86. The monoisotopic (exact) mass is 176 g/mol. The van der Waals surface area contributed by atoms with Crippen LogP contribution < -0.4 is 0 Å². The number of hydrogen-bond acceptors (Lipinski definition) is 3. The summed E-state index contributed by atoms with van der Waals surface area (Å²) in [5, 5.41) is -0.796. The molecular formula is C7H12O3S. The summed E-state index contributed by atoms with van der Waals surface area (Å²) >= 11 is 0. The van der Waals surface area contributed by atoms with Crippen LogP contribution >= 0.6 is 0 Å². The predicted octanol–water partition coefficient (Wildman–Crippen LogP) is 0.399. The summed E-state index contributed by atoms with van der Waals surface area (Å²) in [7, 11) is -3.16.